The van der Waals surface area contributed by atoms with E-state index >= 15 is 0 Å². The Morgan fingerprint density at radius 2 is 1.69 bits per heavy atom. The first kappa shape index (κ1) is 28.7. The number of ether oxygens (including phenoxy) is 2. The van der Waals surface area contributed by atoms with E-state index in [1.54, 1.807) is 30.0 Å². The average molecular weight is 553 g/mol. The second kappa shape index (κ2) is 14.7. The maximum absolute atomic E-state index is 12.4. The third kappa shape index (κ3) is 8.84. The predicted octanol–water partition coefficient (Wildman–Crippen LogP) is 4.31. The summed E-state index contributed by atoms with van der Waals surface area (Å²) in [5.41, 5.74) is 4.80. The summed E-state index contributed by atoms with van der Waals surface area (Å²) in [5.74, 6) is 0.00655. The van der Waals surface area contributed by atoms with Crippen molar-refractivity contribution < 1.29 is 29.4 Å². The molecule has 0 unspecified atom stereocenters. The molecule has 2 amide bonds. The molecule has 4 rings (SSSR count). The van der Waals surface area contributed by atoms with Crippen molar-refractivity contribution in [1.82, 2.24) is 15.4 Å². The summed E-state index contributed by atoms with van der Waals surface area (Å²) in [6, 6.07) is 16.8. The number of anilines is 1. The smallest absolute Gasteiger partial charge is 0.243 e. The van der Waals surface area contributed by atoms with E-state index in [4.69, 9.17) is 14.7 Å². The molecule has 1 aliphatic rings. The van der Waals surface area contributed by atoms with Gasteiger partial charge >= 0.3 is 0 Å². The van der Waals surface area contributed by atoms with Crippen molar-refractivity contribution >= 4 is 29.3 Å². The molecular formula is C28H32N4O6S. The molecule has 0 saturated carbocycles. The number of aliphatic hydroxyl groups excluding tert-OH is 1. The summed E-state index contributed by atoms with van der Waals surface area (Å²) in [6.45, 7) is -0.0234. The Balaban J connectivity index is 1.43. The monoisotopic (exact) mass is 552 g/mol. The molecule has 2 aromatic carbocycles. The van der Waals surface area contributed by atoms with Crippen LogP contribution in [-0.4, -0.2) is 44.0 Å². The van der Waals surface area contributed by atoms with Crippen LogP contribution >= 0.6 is 11.8 Å². The number of hydrogen-bond donors (Lipinski definition) is 4. The number of unbranched alkanes of at least 4 members (excludes halogenated alkanes) is 1. The van der Waals surface area contributed by atoms with E-state index in [9.17, 15) is 14.7 Å². The van der Waals surface area contributed by atoms with Crippen molar-refractivity contribution in [2.45, 2.75) is 62.4 Å². The van der Waals surface area contributed by atoms with Gasteiger partial charge in [-0.1, -0.05) is 48.2 Å². The summed E-state index contributed by atoms with van der Waals surface area (Å²) >= 11 is 1.52. The molecule has 0 aliphatic carbocycles. The van der Waals surface area contributed by atoms with Crippen molar-refractivity contribution in [3.05, 3.63) is 83.7 Å². The number of carbonyl (C=O) groups excluding carboxylic acids is 2. The van der Waals surface area contributed by atoms with E-state index in [0.717, 1.165) is 16.7 Å². The lowest BCUT2D eigenvalue weighted by Crippen LogP contribution is -2.31. The van der Waals surface area contributed by atoms with Crippen LogP contribution < -0.4 is 10.8 Å². The zero-order chi connectivity index (χ0) is 27.5. The molecule has 0 radical (unpaired) electrons. The number of thioether (sulfide) groups is 1. The Kier molecular flexibility index (Phi) is 10.8. The number of hydroxylamine groups is 1. The number of nitrogens with one attached hydrogen (secondary N) is 2. The molecule has 0 spiro atoms. The molecule has 0 bridgehead atoms. The van der Waals surface area contributed by atoms with Crippen LogP contribution in [0.15, 0.2) is 72.1 Å². The quantitative estimate of drug-likeness (QED) is 0.0850. The second-order valence-corrected chi connectivity index (χ2v) is 10.1. The zero-order valence-corrected chi connectivity index (χ0v) is 22.2. The number of rotatable bonds is 12. The lowest BCUT2D eigenvalue weighted by molar-refractivity contribution is -0.245. The van der Waals surface area contributed by atoms with E-state index in [0.29, 0.717) is 35.9 Å². The van der Waals surface area contributed by atoms with Gasteiger partial charge in [0.1, 0.15) is 0 Å². The van der Waals surface area contributed by atoms with Crippen molar-refractivity contribution in [2.24, 2.45) is 0 Å². The summed E-state index contributed by atoms with van der Waals surface area (Å²) in [6.07, 6.45) is 4.47. The fourth-order valence-corrected chi connectivity index (χ4v) is 4.98. The number of amides is 2. The highest BCUT2D eigenvalue weighted by atomic mass is 32.2. The van der Waals surface area contributed by atoms with Crippen molar-refractivity contribution in [3.8, 4) is 0 Å². The number of benzene rings is 2. The van der Waals surface area contributed by atoms with Crippen LogP contribution in [0.4, 0.5) is 5.69 Å². The van der Waals surface area contributed by atoms with Crippen LogP contribution in [0, 0.1) is 0 Å². The number of aliphatic hydroxyl groups is 1. The van der Waals surface area contributed by atoms with Crippen LogP contribution in [0.1, 0.15) is 61.2 Å². The average Bonchev–Trinajstić information content (AvgIpc) is 2.98. The Labute approximate surface area is 231 Å². The van der Waals surface area contributed by atoms with Gasteiger partial charge in [0.05, 0.1) is 18.8 Å². The van der Waals surface area contributed by atoms with Crippen LogP contribution in [0.5, 0.6) is 0 Å². The lowest BCUT2D eigenvalue weighted by atomic mass is 10.0. The van der Waals surface area contributed by atoms with E-state index in [1.165, 1.54) is 11.8 Å². The van der Waals surface area contributed by atoms with Gasteiger partial charge in [0.25, 0.3) is 0 Å². The van der Waals surface area contributed by atoms with E-state index in [1.807, 2.05) is 42.5 Å². The Morgan fingerprint density at radius 1 is 0.949 bits per heavy atom. The molecule has 3 atom stereocenters. The summed E-state index contributed by atoms with van der Waals surface area (Å²) < 4.78 is 12.7. The summed E-state index contributed by atoms with van der Waals surface area (Å²) in [5, 5.41) is 21.5. The van der Waals surface area contributed by atoms with Gasteiger partial charge in [-0.15, -0.1) is 0 Å². The van der Waals surface area contributed by atoms with Gasteiger partial charge in [-0.2, -0.15) is 0 Å². The molecule has 2 heterocycles. The maximum atomic E-state index is 12.4. The highest BCUT2D eigenvalue weighted by molar-refractivity contribution is 7.99. The normalized spacial score (nSPS) is 18.9. The molecule has 1 aromatic heterocycles. The number of carbonyl (C=O) groups is 2. The molecule has 3 aromatic rings. The second-order valence-electron chi connectivity index (χ2n) is 9.11. The van der Waals surface area contributed by atoms with Gasteiger partial charge in [-0.25, -0.2) is 15.4 Å². The zero-order valence-electron chi connectivity index (χ0n) is 21.4. The van der Waals surface area contributed by atoms with Gasteiger partial charge in [-0.3, -0.25) is 14.8 Å². The van der Waals surface area contributed by atoms with Crippen LogP contribution in [0.25, 0.3) is 0 Å². The largest absolute Gasteiger partial charge is 0.392 e. The minimum absolute atomic E-state index is 0.0234. The fraction of sp³-hybridized carbons (Fsp3) is 0.357. The van der Waals surface area contributed by atoms with Gasteiger partial charge in [0.15, 0.2) is 11.4 Å². The molecule has 39 heavy (non-hydrogen) atoms. The predicted molar refractivity (Wildman–Crippen MR) is 145 cm³/mol. The molecule has 206 valence electrons. The first-order chi connectivity index (χ1) is 19.0. The highest BCUT2D eigenvalue weighted by Gasteiger charge is 2.32. The maximum Gasteiger partial charge on any atom is 0.243 e. The number of aromatic nitrogens is 2. The van der Waals surface area contributed by atoms with Crippen LogP contribution in [0.2, 0.25) is 0 Å². The first-order valence-electron chi connectivity index (χ1n) is 12.8. The van der Waals surface area contributed by atoms with Crippen LogP contribution in [-0.2, 0) is 25.7 Å². The molecular weight excluding hydrogens is 520 g/mol. The van der Waals surface area contributed by atoms with Crippen LogP contribution in [0.3, 0.4) is 0 Å². The first-order valence-corrected chi connectivity index (χ1v) is 13.8. The van der Waals surface area contributed by atoms with E-state index in [-0.39, 0.29) is 37.6 Å². The third-order valence-electron chi connectivity index (χ3n) is 6.18. The summed E-state index contributed by atoms with van der Waals surface area (Å²) in [4.78, 5) is 32.1. The van der Waals surface area contributed by atoms with Crippen molar-refractivity contribution in [1.29, 1.82) is 0 Å². The molecule has 10 nitrogen and oxygen atoms in total. The van der Waals surface area contributed by atoms with Gasteiger partial charge in [0, 0.05) is 48.7 Å². The van der Waals surface area contributed by atoms with E-state index in [2.05, 4.69) is 15.3 Å². The van der Waals surface area contributed by atoms with Gasteiger partial charge < -0.3 is 19.9 Å². The number of nitrogens with zero attached hydrogens (tertiary/aromatic N) is 2. The minimum atomic E-state index is -0.655. The lowest BCUT2D eigenvalue weighted by Gasteiger charge is -2.36. The standard InChI is InChI=1S/C28H32N4O6S/c33-17-19-9-11-20(12-10-19)24-16-23(18-39-28-29-13-4-14-30-28)37-27(38-24)21-5-3-6-22(15-21)31-25(34)7-1-2-8-26(35)32-36/h3-6,9-15,23-24,27,33,36H,1-2,7-8,16-18H2,(H,31,34)(H,32,35)/t23-,24+,27+/m0/s1. The van der Waals surface area contributed by atoms with E-state index < -0.39 is 12.2 Å². The fourth-order valence-electron chi connectivity index (χ4n) is 4.16. The molecule has 1 fully saturated rings. The van der Waals surface area contributed by atoms with Crippen molar-refractivity contribution in [3.63, 3.8) is 0 Å². The Hall–Kier alpha value is -3.35. The molecule has 4 N–H and O–H groups in total. The molecule has 1 aliphatic heterocycles. The SMILES string of the molecule is O=C(CCCCC(=O)Nc1cccc([C@@H]2O[C@H](CSc3ncccn3)C[C@H](c3ccc(CO)cc3)O2)c1)NO. The van der Waals surface area contributed by atoms with Crippen molar-refractivity contribution in [2.75, 3.05) is 11.1 Å². The van der Waals surface area contributed by atoms with Gasteiger partial charge in [0.2, 0.25) is 11.8 Å². The molecule has 1 saturated heterocycles. The Morgan fingerprint density at radius 3 is 2.41 bits per heavy atom. The number of hydrogen-bond acceptors (Lipinski definition) is 9. The Bertz CT molecular complexity index is 1210. The topological polar surface area (TPSA) is 143 Å². The van der Waals surface area contributed by atoms with Gasteiger partial charge in [-0.05, 0) is 42.2 Å². The summed E-state index contributed by atoms with van der Waals surface area (Å²) in [7, 11) is 0. The highest BCUT2D eigenvalue weighted by Crippen LogP contribution is 2.39. The minimum Gasteiger partial charge on any atom is -0.392 e. The third-order valence-corrected chi connectivity index (χ3v) is 7.19. The molecule has 11 heteroatoms.